The van der Waals surface area contributed by atoms with Crippen LogP contribution >= 0.6 is 0 Å². The van der Waals surface area contributed by atoms with Crippen LogP contribution in [0.25, 0.3) is 0 Å². The molecule has 1 unspecified atom stereocenters. The molecule has 0 aromatic carbocycles. The first-order valence-corrected chi connectivity index (χ1v) is 8.60. The first kappa shape index (κ1) is 17.4. The van der Waals surface area contributed by atoms with Gasteiger partial charge in [0.05, 0.1) is 0 Å². The van der Waals surface area contributed by atoms with Crippen molar-refractivity contribution in [3.63, 3.8) is 0 Å². The maximum absolute atomic E-state index is 4.49. The molecule has 3 aromatic rings. The molecule has 0 saturated heterocycles. The lowest BCUT2D eigenvalue weighted by Gasteiger charge is -2.24. The molecule has 6 nitrogen and oxygen atoms in total. The van der Waals surface area contributed by atoms with E-state index in [-0.39, 0.29) is 0 Å². The van der Waals surface area contributed by atoms with Gasteiger partial charge >= 0.3 is 0 Å². The van der Waals surface area contributed by atoms with E-state index >= 15 is 0 Å². The van der Waals surface area contributed by atoms with Crippen molar-refractivity contribution >= 4 is 0 Å². The van der Waals surface area contributed by atoms with Crippen LogP contribution in [0.15, 0.2) is 37.1 Å². The maximum atomic E-state index is 4.49. The largest absolute Gasteiger partial charge is 0.299 e. The molecule has 3 heterocycles. The lowest BCUT2D eigenvalue weighted by molar-refractivity contribution is 0.246. The van der Waals surface area contributed by atoms with Crippen LogP contribution < -0.4 is 0 Å². The fourth-order valence-corrected chi connectivity index (χ4v) is 3.23. The summed E-state index contributed by atoms with van der Waals surface area (Å²) in [7, 11) is 2.17. The van der Waals surface area contributed by atoms with Crippen LogP contribution in [0.4, 0.5) is 0 Å². The Kier molecular flexibility index (Phi) is 4.99. The Morgan fingerprint density at radius 2 is 1.84 bits per heavy atom. The Labute approximate surface area is 149 Å². The molecular weight excluding hydrogens is 312 g/mol. The van der Waals surface area contributed by atoms with Crippen LogP contribution in [0, 0.1) is 20.8 Å². The van der Waals surface area contributed by atoms with Gasteiger partial charge in [-0.1, -0.05) is 0 Å². The molecule has 0 aliphatic rings. The predicted octanol–water partition coefficient (Wildman–Crippen LogP) is 2.77. The van der Waals surface area contributed by atoms with Crippen LogP contribution in [-0.4, -0.2) is 42.5 Å². The van der Waals surface area contributed by atoms with Crippen molar-refractivity contribution in [1.29, 1.82) is 0 Å². The highest BCUT2D eigenvalue weighted by Gasteiger charge is 2.16. The van der Waals surface area contributed by atoms with E-state index in [1.807, 2.05) is 16.9 Å². The van der Waals surface area contributed by atoms with Gasteiger partial charge in [-0.05, 0) is 64.1 Å². The van der Waals surface area contributed by atoms with Gasteiger partial charge in [0, 0.05) is 42.3 Å². The zero-order chi connectivity index (χ0) is 18.0. The highest BCUT2D eigenvalue weighted by molar-refractivity contribution is 5.27. The number of aromatic nitrogens is 5. The molecule has 1 atom stereocenters. The van der Waals surface area contributed by atoms with E-state index in [4.69, 9.17) is 0 Å². The summed E-state index contributed by atoms with van der Waals surface area (Å²) in [4.78, 5) is 6.87. The first-order valence-electron chi connectivity index (χ1n) is 8.60. The minimum absolute atomic E-state index is 0.410. The molecule has 25 heavy (non-hydrogen) atoms. The molecular formula is C19H26N6. The Morgan fingerprint density at radius 3 is 2.52 bits per heavy atom. The van der Waals surface area contributed by atoms with Crippen molar-refractivity contribution in [3.8, 4) is 0 Å². The quantitative estimate of drug-likeness (QED) is 0.693. The third-order valence-electron chi connectivity index (χ3n) is 4.79. The second-order valence-electron chi connectivity index (χ2n) is 6.84. The Balaban J connectivity index is 1.72. The summed E-state index contributed by atoms with van der Waals surface area (Å²) in [6.07, 6.45) is 6.28. The highest BCUT2D eigenvalue weighted by atomic mass is 15.5. The third kappa shape index (κ3) is 3.79. The molecule has 3 aromatic heterocycles. The smallest absolute Gasteiger partial charge is 0.139 e. The van der Waals surface area contributed by atoms with Crippen molar-refractivity contribution in [1.82, 2.24) is 29.4 Å². The third-order valence-corrected chi connectivity index (χ3v) is 4.79. The zero-order valence-electron chi connectivity index (χ0n) is 15.6. The molecule has 3 rings (SSSR count). The van der Waals surface area contributed by atoms with E-state index < -0.39 is 0 Å². The highest BCUT2D eigenvalue weighted by Crippen LogP contribution is 2.18. The fourth-order valence-electron chi connectivity index (χ4n) is 3.23. The summed E-state index contributed by atoms with van der Waals surface area (Å²) < 4.78 is 4.05. The van der Waals surface area contributed by atoms with Gasteiger partial charge in [-0.3, -0.25) is 14.6 Å². The SMILES string of the molecule is Cc1ccnc(CC(C)N(C)Cc2cc(C)n(-n3cnnc3)c2C)c1. The summed E-state index contributed by atoms with van der Waals surface area (Å²) in [5.41, 5.74) is 6.11. The van der Waals surface area contributed by atoms with Gasteiger partial charge in [-0.25, -0.2) is 4.68 Å². The standard InChI is InChI=1S/C19H26N6/c1-14-6-7-20-19(8-14)10-15(2)23(5)11-18-9-16(3)25(17(18)4)24-12-21-22-13-24/h6-9,12-13,15H,10-11H2,1-5H3. The number of nitrogens with zero attached hydrogens (tertiary/aromatic N) is 6. The summed E-state index contributed by atoms with van der Waals surface area (Å²) in [5, 5.41) is 7.82. The van der Waals surface area contributed by atoms with Crippen molar-refractivity contribution in [2.75, 3.05) is 7.05 Å². The van der Waals surface area contributed by atoms with Crippen LogP contribution in [0.2, 0.25) is 0 Å². The predicted molar refractivity (Wildman–Crippen MR) is 98.3 cm³/mol. The van der Waals surface area contributed by atoms with Gasteiger partial charge in [0.25, 0.3) is 0 Å². The molecule has 0 bridgehead atoms. The summed E-state index contributed by atoms with van der Waals surface area (Å²) >= 11 is 0. The summed E-state index contributed by atoms with van der Waals surface area (Å²) in [6.45, 7) is 9.51. The Morgan fingerprint density at radius 1 is 1.12 bits per heavy atom. The average Bonchev–Trinajstić information content (AvgIpc) is 3.16. The number of likely N-dealkylation sites (N-methyl/N-ethyl adjacent to an activating group) is 1. The number of rotatable bonds is 6. The van der Waals surface area contributed by atoms with E-state index in [0.717, 1.165) is 18.7 Å². The Hall–Kier alpha value is -2.47. The molecule has 0 spiro atoms. The molecule has 0 aliphatic heterocycles. The molecule has 0 fully saturated rings. The molecule has 0 N–H and O–H groups in total. The van der Waals surface area contributed by atoms with Gasteiger partial charge in [-0.15, -0.1) is 10.2 Å². The van der Waals surface area contributed by atoms with E-state index in [0.29, 0.717) is 6.04 Å². The van der Waals surface area contributed by atoms with E-state index in [1.165, 1.54) is 22.5 Å². The minimum Gasteiger partial charge on any atom is -0.299 e. The fraction of sp³-hybridized carbons (Fsp3) is 0.421. The minimum atomic E-state index is 0.410. The van der Waals surface area contributed by atoms with Crippen LogP contribution in [0.1, 0.15) is 35.1 Å². The molecule has 0 aliphatic carbocycles. The monoisotopic (exact) mass is 338 g/mol. The van der Waals surface area contributed by atoms with Gasteiger partial charge in [-0.2, -0.15) is 0 Å². The number of pyridine rings is 1. The van der Waals surface area contributed by atoms with Gasteiger partial charge in [0.1, 0.15) is 12.7 Å². The Bertz CT molecular complexity index is 834. The van der Waals surface area contributed by atoms with Crippen molar-refractivity contribution in [2.24, 2.45) is 0 Å². The molecule has 0 radical (unpaired) electrons. The van der Waals surface area contributed by atoms with Gasteiger partial charge < -0.3 is 0 Å². The molecule has 0 saturated carbocycles. The number of hydrogen-bond donors (Lipinski definition) is 0. The lowest BCUT2D eigenvalue weighted by atomic mass is 10.1. The van der Waals surface area contributed by atoms with Crippen LogP contribution in [0.5, 0.6) is 0 Å². The van der Waals surface area contributed by atoms with Crippen molar-refractivity contribution in [2.45, 2.75) is 46.7 Å². The lowest BCUT2D eigenvalue weighted by Crippen LogP contribution is -2.30. The molecule has 6 heteroatoms. The van der Waals surface area contributed by atoms with Crippen LogP contribution in [0.3, 0.4) is 0 Å². The van der Waals surface area contributed by atoms with Gasteiger partial charge in [0.2, 0.25) is 0 Å². The first-order chi connectivity index (χ1) is 12.0. The van der Waals surface area contributed by atoms with Crippen molar-refractivity contribution < 1.29 is 0 Å². The molecule has 132 valence electrons. The average molecular weight is 338 g/mol. The van der Waals surface area contributed by atoms with Gasteiger partial charge in [0.15, 0.2) is 0 Å². The number of hydrogen-bond acceptors (Lipinski definition) is 4. The number of aryl methyl sites for hydroxylation is 2. The molecule has 0 amide bonds. The second kappa shape index (κ2) is 7.19. The topological polar surface area (TPSA) is 51.8 Å². The van der Waals surface area contributed by atoms with E-state index in [1.54, 1.807) is 12.7 Å². The van der Waals surface area contributed by atoms with E-state index in [9.17, 15) is 0 Å². The normalized spacial score (nSPS) is 12.7. The second-order valence-corrected chi connectivity index (χ2v) is 6.84. The zero-order valence-corrected chi connectivity index (χ0v) is 15.6. The maximum Gasteiger partial charge on any atom is 0.139 e. The van der Waals surface area contributed by atoms with Crippen molar-refractivity contribution in [3.05, 3.63) is 65.3 Å². The summed E-state index contributed by atoms with van der Waals surface area (Å²) in [5.74, 6) is 0. The van der Waals surface area contributed by atoms with E-state index in [2.05, 4.69) is 71.6 Å². The summed E-state index contributed by atoms with van der Waals surface area (Å²) in [6, 6.07) is 6.86. The van der Waals surface area contributed by atoms with Crippen LogP contribution in [-0.2, 0) is 13.0 Å².